The van der Waals surface area contributed by atoms with Gasteiger partial charge in [-0.25, -0.2) is 4.79 Å². The van der Waals surface area contributed by atoms with Crippen LogP contribution in [0.2, 0.25) is 0 Å². The summed E-state index contributed by atoms with van der Waals surface area (Å²) in [4.78, 5) is 25.7. The van der Waals surface area contributed by atoms with Crippen molar-refractivity contribution < 1.29 is 9.32 Å². The van der Waals surface area contributed by atoms with Crippen LogP contribution in [-0.4, -0.2) is 16.0 Å². The molecule has 2 aromatic carbocycles. The molecule has 0 spiro atoms. The van der Waals surface area contributed by atoms with Gasteiger partial charge in [-0.2, -0.15) is 0 Å². The van der Waals surface area contributed by atoms with Gasteiger partial charge in [-0.15, -0.1) is 0 Å². The van der Waals surface area contributed by atoms with Gasteiger partial charge in [0, 0.05) is 16.8 Å². The molecule has 2 N–H and O–H groups in total. The van der Waals surface area contributed by atoms with Gasteiger partial charge in [0.15, 0.2) is 5.82 Å². The second kappa shape index (κ2) is 6.15. The average molecular weight is 307 g/mol. The van der Waals surface area contributed by atoms with Gasteiger partial charge in [-0.3, -0.25) is 14.3 Å². The quantitative estimate of drug-likeness (QED) is 0.775. The van der Waals surface area contributed by atoms with Gasteiger partial charge >= 0.3 is 5.76 Å². The minimum Gasteiger partial charge on any atom is -0.322 e. The number of rotatable bonds is 4. The van der Waals surface area contributed by atoms with E-state index in [-0.39, 0.29) is 5.91 Å². The Hall–Kier alpha value is -3.41. The SMILES string of the molecule is C=Cc1ccc(C(=O)Nc2cccc(-c3noc(=O)[nH]3)c2)cc1. The number of carbonyl (C=O) groups excluding carboxylic acids is 1. The number of benzene rings is 2. The van der Waals surface area contributed by atoms with Gasteiger partial charge in [0.25, 0.3) is 5.91 Å². The third kappa shape index (κ3) is 3.26. The van der Waals surface area contributed by atoms with E-state index in [1.54, 1.807) is 42.5 Å². The lowest BCUT2D eigenvalue weighted by molar-refractivity contribution is 0.102. The molecule has 6 nitrogen and oxygen atoms in total. The van der Waals surface area contributed by atoms with Crippen LogP contribution in [0.1, 0.15) is 15.9 Å². The summed E-state index contributed by atoms with van der Waals surface area (Å²) in [6.07, 6.45) is 1.71. The fourth-order valence-electron chi connectivity index (χ4n) is 2.07. The first-order valence-corrected chi connectivity index (χ1v) is 6.86. The Labute approximate surface area is 131 Å². The first-order chi connectivity index (χ1) is 11.2. The standard InChI is InChI=1S/C17H13N3O3/c1-2-11-6-8-12(9-7-11)16(21)18-14-5-3-4-13(10-14)15-19-17(22)23-20-15/h2-10H,1H2,(H,18,21)(H,19,20,22). The number of hydrogen-bond acceptors (Lipinski definition) is 4. The van der Waals surface area contributed by atoms with Crippen LogP contribution < -0.4 is 11.1 Å². The van der Waals surface area contributed by atoms with Crippen molar-refractivity contribution in [2.24, 2.45) is 0 Å². The molecule has 0 aliphatic heterocycles. The number of nitrogens with one attached hydrogen (secondary N) is 2. The molecule has 0 saturated heterocycles. The number of nitrogens with zero attached hydrogens (tertiary/aromatic N) is 1. The smallest absolute Gasteiger partial charge is 0.322 e. The fraction of sp³-hybridized carbons (Fsp3) is 0. The highest BCUT2D eigenvalue weighted by molar-refractivity contribution is 6.04. The molecule has 1 heterocycles. The van der Waals surface area contributed by atoms with E-state index in [1.165, 1.54) is 0 Å². The fourth-order valence-corrected chi connectivity index (χ4v) is 2.07. The number of hydrogen-bond donors (Lipinski definition) is 2. The third-order valence-corrected chi connectivity index (χ3v) is 3.24. The lowest BCUT2D eigenvalue weighted by Gasteiger charge is -2.06. The molecule has 1 aromatic heterocycles. The van der Waals surface area contributed by atoms with Crippen LogP contribution >= 0.6 is 0 Å². The van der Waals surface area contributed by atoms with Crippen LogP contribution in [0.25, 0.3) is 17.5 Å². The zero-order valence-corrected chi connectivity index (χ0v) is 12.1. The summed E-state index contributed by atoms with van der Waals surface area (Å²) in [5.74, 6) is -0.551. The van der Waals surface area contributed by atoms with Crippen molar-refractivity contribution in [3.8, 4) is 11.4 Å². The second-order valence-electron chi connectivity index (χ2n) is 4.80. The van der Waals surface area contributed by atoms with E-state index in [4.69, 9.17) is 0 Å². The van der Waals surface area contributed by atoms with E-state index in [0.717, 1.165) is 5.56 Å². The first-order valence-electron chi connectivity index (χ1n) is 6.86. The van der Waals surface area contributed by atoms with Crippen molar-refractivity contribution in [2.45, 2.75) is 0 Å². The van der Waals surface area contributed by atoms with Crippen molar-refractivity contribution in [2.75, 3.05) is 5.32 Å². The molecule has 6 heteroatoms. The summed E-state index contributed by atoms with van der Waals surface area (Å²) in [7, 11) is 0. The molecule has 3 rings (SSSR count). The minimum atomic E-state index is -0.628. The topological polar surface area (TPSA) is 88.0 Å². The zero-order chi connectivity index (χ0) is 16.2. The van der Waals surface area contributed by atoms with Gasteiger partial charge < -0.3 is 5.32 Å². The predicted octanol–water partition coefficient (Wildman–Crippen LogP) is 2.93. The Morgan fingerprint density at radius 2 is 2.00 bits per heavy atom. The maximum atomic E-state index is 12.2. The highest BCUT2D eigenvalue weighted by Gasteiger charge is 2.08. The number of anilines is 1. The van der Waals surface area contributed by atoms with Crippen LogP contribution in [0.5, 0.6) is 0 Å². The number of amides is 1. The molecule has 0 fully saturated rings. The second-order valence-corrected chi connectivity index (χ2v) is 4.80. The number of aromatic amines is 1. The molecule has 0 atom stereocenters. The van der Waals surface area contributed by atoms with Gasteiger partial charge in [-0.1, -0.05) is 42.1 Å². The average Bonchev–Trinajstić information content (AvgIpc) is 3.02. The molecule has 114 valence electrons. The summed E-state index contributed by atoms with van der Waals surface area (Å²) < 4.78 is 4.47. The highest BCUT2D eigenvalue weighted by Crippen LogP contribution is 2.19. The minimum absolute atomic E-state index is 0.230. The Kier molecular flexibility index (Phi) is 3.88. The molecule has 0 bridgehead atoms. The summed E-state index contributed by atoms with van der Waals surface area (Å²) >= 11 is 0. The predicted molar refractivity (Wildman–Crippen MR) is 87.0 cm³/mol. The summed E-state index contributed by atoms with van der Waals surface area (Å²) in [6.45, 7) is 3.67. The van der Waals surface area contributed by atoms with Crippen molar-refractivity contribution in [3.05, 3.63) is 76.8 Å². The Bertz CT molecular complexity index is 907. The van der Waals surface area contributed by atoms with Crippen LogP contribution in [0.15, 0.2) is 64.4 Å². The molecular formula is C17H13N3O3. The van der Waals surface area contributed by atoms with Crippen molar-refractivity contribution >= 4 is 17.7 Å². The number of H-pyrrole nitrogens is 1. The maximum absolute atomic E-state index is 12.2. The van der Waals surface area contributed by atoms with Crippen molar-refractivity contribution in [1.29, 1.82) is 0 Å². The molecule has 0 saturated carbocycles. The summed E-state index contributed by atoms with van der Waals surface area (Å²) in [5, 5.41) is 6.42. The third-order valence-electron chi connectivity index (χ3n) is 3.24. The van der Waals surface area contributed by atoms with Crippen LogP contribution in [0.4, 0.5) is 5.69 Å². The Morgan fingerprint density at radius 1 is 1.22 bits per heavy atom. The molecule has 3 aromatic rings. The van der Waals surface area contributed by atoms with Crippen LogP contribution in [0.3, 0.4) is 0 Å². The van der Waals surface area contributed by atoms with E-state index in [0.29, 0.717) is 22.6 Å². The van der Waals surface area contributed by atoms with E-state index >= 15 is 0 Å². The van der Waals surface area contributed by atoms with E-state index in [9.17, 15) is 9.59 Å². The molecule has 0 unspecified atom stereocenters. The summed E-state index contributed by atoms with van der Waals surface area (Å²) in [6, 6.07) is 14.0. The van der Waals surface area contributed by atoms with Gasteiger partial charge in [0.05, 0.1) is 0 Å². The molecular weight excluding hydrogens is 294 g/mol. The van der Waals surface area contributed by atoms with Gasteiger partial charge in [0.2, 0.25) is 0 Å². The Morgan fingerprint density at radius 3 is 2.65 bits per heavy atom. The van der Waals surface area contributed by atoms with Crippen LogP contribution in [0, 0.1) is 0 Å². The number of carbonyl (C=O) groups is 1. The number of aromatic nitrogens is 2. The molecule has 0 aliphatic rings. The van der Waals surface area contributed by atoms with E-state index in [2.05, 4.69) is 26.6 Å². The lowest BCUT2D eigenvalue weighted by Crippen LogP contribution is -2.11. The zero-order valence-electron chi connectivity index (χ0n) is 12.1. The molecule has 23 heavy (non-hydrogen) atoms. The monoisotopic (exact) mass is 307 g/mol. The molecule has 0 aliphatic carbocycles. The van der Waals surface area contributed by atoms with E-state index < -0.39 is 5.76 Å². The Balaban J connectivity index is 1.80. The van der Waals surface area contributed by atoms with E-state index in [1.807, 2.05) is 12.1 Å². The largest absolute Gasteiger partial charge is 0.439 e. The maximum Gasteiger partial charge on any atom is 0.439 e. The van der Waals surface area contributed by atoms with Gasteiger partial charge in [0.1, 0.15) is 0 Å². The first kappa shape index (κ1) is 14.5. The van der Waals surface area contributed by atoms with Crippen molar-refractivity contribution in [1.82, 2.24) is 10.1 Å². The molecule has 0 radical (unpaired) electrons. The normalized spacial score (nSPS) is 10.3. The lowest BCUT2D eigenvalue weighted by atomic mass is 10.1. The van der Waals surface area contributed by atoms with Gasteiger partial charge in [-0.05, 0) is 29.8 Å². The van der Waals surface area contributed by atoms with Crippen LogP contribution in [-0.2, 0) is 0 Å². The van der Waals surface area contributed by atoms with Crippen molar-refractivity contribution in [3.63, 3.8) is 0 Å². The highest BCUT2D eigenvalue weighted by atomic mass is 16.5. The molecule has 1 amide bonds. The summed E-state index contributed by atoms with van der Waals surface area (Å²) in [5.41, 5.74) is 2.70.